The van der Waals surface area contributed by atoms with Gasteiger partial charge in [-0.25, -0.2) is 0 Å². The second-order valence-electron chi connectivity index (χ2n) is 2.82. The van der Waals surface area contributed by atoms with Crippen molar-refractivity contribution >= 4 is 19.0 Å². The van der Waals surface area contributed by atoms with Gasteiger partial charge in [-0.15, -0.1) is 0 Å². The maximum atomic E-state index is 8.50. The second-order valence-corrected chi connectivity index (χ2v) is 6.45. The molecule has 1 N–H and O–H groups in total. The monoisotopic (exact) mass is 238 g/mol. The highest BCUT2D eigenvalue weighted by Crippen LogP contribution is 2.01. The summed E-state index contributed by atoms with van der Waals surface area (Å²) in [7, 11) is -1.85. The highest BCUT2D eigenvalue weighted by Gasteiger charge is 2.11. The van der Waals surface area contributed by atoms with E-state index in [4.69, 9.17) is 18.4 Å². The molecule has 0 aromatic carbocycles. The first kappa shape index (κ1) is 14.3. The van der Waals surface area contributed by atoms with Gasteiger partial charge in [-0.1, -0.05) is 0 Å². The molecule has 0 aliphatic rings. The quantitative estimate of drug-likeness (QED) is 0.423. The Morgan fingerprint density at radius 2 is 1.86 bits per heavy atom. The zero-order valence-electron chi connectivity index (χ0n) is 9.20. The molecule has 14 heavy (non-hydrogen) atoms. The first-order valence-electron chi connectivity index (χ1n) is 5.26. The number of hydrogen-bond acceptors (Lipinski definition) is 4. The first-order chi connectivity index (χ1) is 6.85. The molecular weight excluding hydrogens is 216 g/mol. The summed E-state index contributed by atoms with van der Waals surface area (Å²) in [5.41, 5.74) is 0. The Balaban J connectivity index is 3.30. The van der Waals surface area contributed by atoms with Crippen molar-refractivity contribution in [2.24, 2.45) is 0 Å². The molecule has 6 heteroatoms. The molecule has 0 aliphatic heterocycles. The summed E-state index contributed by atoms with van der Waals surface area (Å²) in [6, 6.07) is 2.14. The van der Waals surface area contributed by atoms with E-state index in [0.717, 1.165) is 25.3 Å². The van der Waals surface area contributed by atoms with E-state index in [0.29, 0.717) is 6.61 Å². The van der Waals surface area contributed by atoms with Crippen LogP contribution >= 0.6 is 0 Å². The number of hydrogen-bond donors (Lipinski definition) is 1. The fourth-order valence-electron chi connectivity index (χ4n) is 1.11. The maximum absolute atomic E-state index is 8.50. The molecule has 0 unspecified atom stereocenters. The van der Waals surface area contributed by atoms with Crippen molar-refractivity contribution in [3.63, 3.8) is 0 Å². The fraction of sp³-hybridized carbons (Fsp3) is 1.00. The third-order valence-corrected chi connectivity index (χ3v) is 6.05. The van der Waals surface area contributed by atoms with Crippen LogP contribution in [0.4, 0.5) is 0 Å². The molecule has 0 saturated heterocycles. The molecule has 0 bridgehead atoms. The Hall–Kier alpha value is 0.274. The lowest BCUT2D eigenvalue weighted by atomic mass is 10.8. The number of aliphatic hydroxyl groups excluding tert-OH is 1. The van der Waals surface area contributed by atoms with Crippen LogP contribution in [0.1, 0.15) is 13.8 Å². The van der Waals surface area contributed by atoms with E-state index in [1.165, 1.54) is 0 Å². The average molecular weight is 238 g/mol. The van der Waals surface area contributed by atoms with Crippen molar-refractivity contribution in [2.45, 2.75) is 25.9 Å². The second kappa shape index (κ2) is 11.3. The summed E-state index contributed by atoms with van der Waals surface area (Å²) in [4.78, 5) is 0. The lowest BCUT2D eigenvalue weighted by Crippen LogP contribution is -2.23. The van der Waals surface area contributed by atoms with Crippen molar-refractivity contribution < 1.29 is 18.4 Å². The molecule has 0 aromatic heterocycles. The molecule has 0 aliphatic carbocycles. The van der Waals surface area contributed by atoms with Crippen molar-refractivity contribution in [3.8, 4) is 0 Å². The van der Waals surface area contributed by atoms with Crippen LogP contribution in [-0.4, -0.2) is 50.6 Å². The van der Waals surface area contributed by atoms with Crippen molar-refractivity contribution in [3.05, 3.63) is 0 Å². The van der Waals surface area contributed by atoms with E-state index in [1.54, 1.807) is 0 Å². The normalized spacial score (nSPS) is 12.0. The molecule has 0 fully saturated rings. The first-order valence-corrected chi connectivity index (χ1v) is 8.60. The van der Waals surface area contributed by atoms with Crippen LogP contribution < -0.4 is 0 Å². The van der Waals surface area contributed by atoms with Gasteiger partial charge in [0.1, 0.15) is 0 Å². The summed E-state index contributed by atoms with van der Waals surface area (Å²) in [6.45, 7) is 6.11. The zero-order valence-corrected chi connectivity index (χ0v) is 11.8. The number of rotatable bonds is 10. The third kappa shape index (κ3) is 8.85. The SMILES string of the molecule is CCO[SiH](CC[SiH2]OCCO)OCC. The van der Waals surface area contributed by atoms with E-state index < -0.39 is 19.0 Å². The van der Waals surface area contributed by atoms with Crippen LogP contribution in [0.3, 0.4) is 0 Å². The predicted octanol–water partition coefficient (Wildman–Crippen LogP) is -0.209. The highest BCUT2D eigenvalue weighted by atomic mass is 28.3. The largest absolute Gasteiger partial charge is 0.422 e. The van der Waals surface area contributed by atoms with Crippen LogP contribution in [0.2, 0.25) is 12.1 Å². The van der Waals surface area contributed by atoms with E-state index in [2.05, 4.69) is 0 Å². The minimum absolute atomic E-state index is 0.130. The van der Waals surface area contributed by atoms with Crippen LogP contribution in [0.5, 0.6) is 0 Å². The van der Waals surface area contributed by atoms with Gasteiger partial charge in [-0.3, -0.25) is 0 Å². The van der Waals surface area contributed by atoms with Crippen molar-refractivity contribution in [1.29, 1.82) is 0 Å². The van der Waals surface area contributed by atoms with E-state index in [9.17, 15) is 0 Å². The molecular formula is C8H22O4Si2. The van der Waals surface area contributed by atoms with Crippen LogP contribution in [0.15, 0.2) is 0 Å². The molecule has 86 valence electrons. The topological polar surface area (TPSA) is 47.9 Å². The molecule has 0 aromatic rings. The van der Waals surface area contributed by atoms with E-state index in [1.807, 2.05) is 13.8 Å². The molecule has 0 atom stereocenters. The summed E-state index contributed by atoms with van der Waals surface area (Å²) < 4.78 is 16.3. The molecule has 0 spiro atoms. The Morgan fingerprint density at radius 1 is 1.21 bits per heavy atom. The molecule has 0 radical (unpaired) electrons. The Morgan fingerprint density at radius 3 is 2.36 bits per heavy atom. The summed E-state index contributed by atoms with van der Waals surface area (Å²) >= 11 is 0. The Labute approximate surface area is 90.4 Å². The van der Waals surface area contributed by atoms with Gasteiger partial charge in [-0.05, 0) is 25.9 Å². The van der Waals surface area contributed by atoms with Crippen molar-refractivity contribution in [2.75, 3.05) is 26.4 Å². The van der Waals surface area contributed by atoms with E-state index >= 15 is 0 Å². The van der Waals surface area contributed by atoms with Crippen LogP contribution in [0, 0.1) is 0 Å². The molecule has 4 nitrogen and oxygen atoms in total. The summed E-state index contributed by atoms with van der Waals surface area (Å²) in [5, 5.41) is 8.50. The van der Waals surface area contributed by atoms with Gasteiger partial charge in [0.25, 0.3) is 0 Å². The third-order valence-electron chi connectivity index (χ3n) is 1.67. The maximum Gasteiger partial charge on any atom is 0.321 e. The fourth-order valence-corrected chi connectivity index (χ4v) is 4.82. The number of aliphatic hydroxyl groups is 1. The van der Waals surface area contributed by atoms with Gasteiger partial charge in [0.15, 0.2) is 9.76 Å². The van der Waals surface area contributed by atoms with Gasteiger partial charge in [-0.2, -0.15) is 0 Å². The molecule has 0 rings (SSSR count). The minimum atomic E-state index is -1.39. The van der Waals surface area contributed by atoms with Crippen LogP contribution in [-0.2, 0) is 13.3 Å². The lowest BCUT2D eigenvalue weighted by molar-refractivity contribution is 0.204. The van der Waals surface area contributed by atoms with Crippen LogP contribution in [0.25, 0.3) is 0 Å². The summed E-state index contributed by atoms with van der Waals surface area (Å²) in [6.07, 6.45) is 0. The Kier molecular flexibility index (Phi) is 11.6. The highest BCUT2D eigenvalue weighted by molar-refractivity contribution is 6.46. The molecule has 0 heterocycles. The molecule has 0 saturated carbocycles. The zero-order chi connectivity index (χ0) is 10.6. The van der Waals surface area contributed by atoms with Gasteiger partial charge < -0.3 is 18.4 Å². The van der Waals surface area contributed by atoms with Gasteiger partial charge in [0, 0.05) is 13.2 Å². The Bertz CT molecular complexity index is 110. The standard InChI is InChI=1S/C8H22O4Si2/c1-3-11-14(12-4-2)8-7-13-10-6-5-9/h9,14H,3-8,13H2,1-2H3. The van der Waals surface area contributed by atoms with E-state index in [-0.39, 0.29) is 6.61 Å². The molecule has 0 amide bonds. The van der Waals surface area contributed by atoms with Gasteiger partial charge in [0.2, 0.25) is 0 Å². The van der Waals surface area contributed by atoms with Gasteiger partial charge in [0.05, 0.1) is 13.2 Å². The predicted molar refractivity (Wildman–Crippen MR) is 61.6 cm³/mol. The smallest absolute Gasteiger partial charge is 0.321 e. The minimum Gasteiger partial charge on any atom is -0.422 e. The van der Waals surface area contributed by atoms with Crippen molar-refractivity contribution in [1.82, 2.24) is 0 Å². The average Bonchev–Trinajstić information content (AvgIpc) is 2.18. The van der Waals surface area contributed by atoms with Gasteiger partial charge >= 0.3 is 9.28 Å². The summed E-state index contributed by atoms with van der Waals surface area (Å²) in [5.74, 6) is 0. The lowest BCUT2D eigenvalue weighted by Gasteiger charge is -2.14.